The standard InChI is InChI=1S/C13H13ClN2O/c1-9-2-3-11(15-7-9)8-16-10-4-5-13(17)12(14)6-10/h2-7,16-17H,8H2,1H3. The largest absolute Gasteiger partial charge is 0.506 e. The van der Waals surface area contributed by atoms with Crippen molar-refractivity contribution in [3.63, 3.8) is 0 Å². The Bertz CT molecular complexity index is 511. The maximum absolute atomic E-state index is 9.29. The monoisotopic (exact) mass is 248 g/mol. The van der Waals surface area contributed by atoms with Crippen molar-refractivity contribution < 1.29 is 5.11 Å². The number of nitrogens with zero attached hydrogens (tertiary/aromatic N) is 1. The highest BCUT2D eigenvalue weighted by Crippen LogP contribution is 2.26. The summed E-state index contributed by atoms with van der Waals surface area (Å²) < 4.78 is 0. The van der Waals surface area contributed by atoms with Gasteiger partial charge in [-0.05, 0) is 36.8 Å². The van der Waals surface area contributed by atoms with E-state index in [1.807, 2.05) is 25.3 Å². The zero-order valence-corrected chi connectivity index (χ0v) is 10.2. The SMILES string of the molecule is Cc1ccc(CNc2ccc(O)c(Cl)c2)nc1. The van der Waals surface area contributed by atoms with Crippen LogP contribution in [0.3, 0.4) is 0 Å². The van der Waals surface area contributed by atoms with Gasteiger partial charge in [-0.2, -0.15) is 0 Å². The van der Waals surface area contributed by atoms with Crippen LogP contribution in [0.2, 0.25) is 5.02 Å². The van der Waals surface area contributed by atoms with Gasteiger partial charge >= 0.3 is 0 Å². The van der Waals surface area contributed by atoms with Gasteiger partial charge in [0.15, 0.2) is 0 Å². The lowest BCUT2D eigenvalue weighted by atomic mass is 10.2. The third-order valence-electron chi connectivity index (χ3n) is 2.39. The van der Waals surface area contributed by atoms with Gasteiger partial charge in [0.2, 0.25) is 0 Å². The van der Waals surface area contributed by atoms with Crippen molar-refractivity contribution in [2.24, 2.45) is 0 Å². The van der Waals surface area contributed by atoms with E-state index in [1.165, 1.54) is 0 Å². The molecule has 2 aromatic rings. The predicted molar refractivity (Wildman–Crippen MR) is 69.4 cm³/mol. The molecule has 2 N–H and O–H groups in total. The summed E-state index contributed by atoms with van der Waals surface area (Å²) in [5.74, 6) is 0.0886. The number of phenols is 1. The summed E-state index contributed by atoms with van der Waals surface area (Å²) in [5, 5.41) is 12.8. The Morgan fingerprint density at radius 1 is 1.29 bits per heavy atom. The van der Waals surface area contributed by atoms with Crippen LogP contribution in [0.15, 0.2) is 36.5 Å². The van der Waals surface area contributed by atoms with Crippen LogP contribution >= 0.6 is 11.6 Å². The fourth-order valence-corrected chi connectivity index (χ4v) is 1.59. The summed E-state index contributed by atoms with van der Waals surface area (Å²) in [6.07, 6.45) is 1.83. The molecular weight excluding hydrogens is 236 g/mol. The van der Waals surface area contributed by atoms with E-state index >= 15 is 0 Å². The quantitative estimate of drug-likeness (QED) is 0.819. The first-order valence-corrected chi connectivity index (χ1v) is 5.67. The number of hydrogen-bond acceptors (Lipinski definition) is 3. The molecule has 0 saturated carbocycles. The van der Waals surface area contributed by atoms with Crippen LogP contribution in [0.25, 0.3) is 0 Å². The average molecular weight is 249 g/mol. The number of rotatable bonds is 3. The number of aromatic nitrogens is 1. The Morgan fingerprint density at radius 2 is 2.12 bits per heavy atom. The van der Waals surface area contributed by atoms with Crippen molar-refractivity contribution in [1.82, 2.24) is 4.98 Å². The van der Waals surface area contributed by atoms with Gasteiger partial charge in [0, 0.05) is 11.9 Å². The summed E-state index contributed by atoms with van der Waals surface area (Å²) >= 11 is 5.81. The number of anilines is 1. The van der Waals surface area contributed by atoms with Crippen LogP contribution in [0.1, 0.15) is 11.3 Å². The Hall–Kier alpha value is -1.74. The van der Waals surface area contributed by atoms with Crippen molar-refractivity contribution >= 4 is 17.3 Å². The Labute approximate surface area is 105 Å². The normalized spacial score (nSPS) is 10.2. The average Bonchev–Trinajstić information content (AvgIpc) is 2.33. The lowest BCUT2D eigenvalue weighted by Crippen LogP contribution is -2.01. The van der Waals surface area contributed by atoms with Gasteiger partial charge < -0.3 is 10.4 Å². The van der Waals surface area contributed by atoms with Gasteiger partial charge in [-0.15, -0.1) is 0 Å². The number of nitrogens with one attached hydrogen (secondary N) is 1. The smallest absolute Gasteiger partial charge is 0.134 e. The van der Waals surface area contributed by atoms with Gasteiger partial charge in [-0.25, -0.2) is 0 Å². The molecule has 0 bridgehead atoms. The van der Waals surface area contributed by atoms with E-state index in [-0.39, 0.29) is 5.75 Å². The van der Waals surface area contributed by atoms with Gasteiger partial charge in [0.05, 0.1) is 17.3 Å². The predicted octanol–water partition coefficient (Wildman–Crippen LogP) is 3.36. The molecule has 0 spiro atoms. The van der Waals surface area contributed by atoms with E-state index in [4.69, 9.17) is 11.6 Å². The fourth-order valence-electron chi connectivity index (χ4n) is 1.41. The number of pyridine rings is 1. The summed E-state index contributed by atoms with van der Waals surface area (Å²) in [4.78, 5) is 4.29. The van der Waals surface area contributed by atoms with Crippen molar-refractivity contribution in [2.75, 3.05) is 5.32 Å². The first kappa shape index (κ1) is 11.7. The molecule has 0 radical (unpaired) electrons. The van der Waals surface area contributed by atoms with E-state index < -0.39 is 0 Å². The van der Waals surface area contributed by atoms with Crippen molar-refractivity contribution in [1.29, 1.82) is 0 Å². The molecule has 3 nitrogen and oxygen atoms in total. The van der Waals surface area contributed by atoms with E-state index in [0.29, 0.717) is 11.6 Å². The molecule has 1 aromatic carbocycles. The van der Waals surface area contributed by atoms with E-state index in [2.05, 4.69) is 10.3 Å². The second-order valence-electron chi connectivity index (χ2n) is 3.85. The molecule has 2 rings (SSSR count). The molecule has 17 heavy (non-hydrogen) atoms. The van der Waals surface area contributed by atoms with Crippen LogP contribution in [0, 0.1) is 6.92 Å². The number of hydrogen-bond donors (Lipinski definition) is 2. The summed E-state index contributed by atoms with van der Waals surface area (Å²) in [6.45, 7) is 2.63. The maximum atomic E-state index is 9.29. The third kappa shape index (κ3) is 3.11. The Morgan fingerprint density at radius 3 is 2.76 bits per heavy atom. The van der Waals surface area contributed by atoms with Crippen molar-refractivity contribution in [3.8, 4) is 5.75 Å². The molecule has 0 aliphatic carbocycles. The molecule has 0 unspecified atom stereocenters. The summed E-state index contributed by atoms with van der Waals surface area (Å²) in [5.41, 5.74) is 2.96. The first-order chi connectivity index (χ1) is 8.15. The molecule has 1 aromatic heterocycles. The fraction of sp³-hybridized carbons (Fsp3) is 0.154. The van der Waals surface area contributed by atoms with Gasteiger partial charge in [-0.3, -0.25) is 4.98 Å². The molecular formula is C13H13ClN2O. The molecule has 0 amide bonds. The molecule has 0 atom stereocenters. The number of halogens is 1. The highest BCUT2D eigenvalue weighted by atomic mass is 35.5. The Balaban J connectivity index is 2.02. The lowest BCUT2D eigenvalue weighted by molar-refractivity contribution is 0.475. The van der Waals surface area contributed by atoms with Crippen LogP contribution in [0.4, 0.5) is 5.69 Å². The second-order valence-corrected chi connectivity index (χ2v) is 4.25. The zero-order chi connectivity index (χ0) is 12.3. The topological polar surface area (TPSA) is 45.1 Å². The highest BCUT2D eigenvalue weighted by Gasteiger charge is 2.00. The first-order valence-electron chi connectivity index (χ1n) is 5.29. The number of phenolic OH excluding ortho intramolecular Hbond substituents is 1. The van der Waals surface area contributed by atoms with Crippen LogP contribution in [0.5, 0.6) is 5.75 Å². The van der Waals surface area contributed by atoms with Crippen LogP contribution < -0.4 is 5.32 Å². The number of aryl methyl sites for hydroxylation is 1. The number of benzene rings is 1. The van der Waals surface area contributed by atoms with Gasteiger partial charge in [0.25, 0.3) is 0 Å². The van der Waals surface area contributed by atoms with Crippen LogP contribution in [-0.2, 0) is 6.54 Å². The highest BCUT2D eigenvalue weighted by molar-refractivity contribution is 6.32. The summed E-state index contributed by atoms with van der Waals surface area (Å²) in [6, 6.07) is 9.02. The molecule has 0 aliphatic heterocycles. The molecule has 88 valence electrons. The molecule has 1 heterocycles. The molecule has 4 heteroatoms. The molecule has 0 aliphatic rings. The van der Waals surface area contributed by atoms with Gasteiger partial charge in [-0.1, -0.05) is 17.7 Å². The van der Waals surface area contributed by atoms with Gasteiger partial charge in [0.1, 0.15) is 5.75 Å². The Kier molecular flexibility index (Phi) is 3.49. The second kappa shape index (κ2) is 5.06. The van der Waals surface area contributed by atoms with E-state index in [0.717, 1.165) is 16.9 Å². The maximum Gasteiger partial charge on any atom is 0.134 e. The van der Waals surface area contributed by atoms with Crippen molar-refractivity contribution in [3.05, 3.63) is 52.8 Å². The zero-order valence-electron chi connectivity index (χ0n) is 9.44. The number of aromatic hydroxyl groups is 1. The lowest BCUT2D eigenvalue weighted by Gasteiger charge is -2.07. The van der Waals surface area contributed by atoms with Crippen LogP contribution in [-0.4, -0.2) is 10.1 Å². The molecule has 0 fully saturated rings. The van der Waals surface area contributed by atoms with Crippen molar-refractivity contribution in [2.45, 2.75) is 13.5 Å². The summed E-state index contributed by atoms with van der Waals surface area (Å²) in [7, 11) is 0. The van der Waals surface area contributed by atoms with E-state index in [1.54, 1.807) is 18.2 Å². The minimum absolute atomic E-state index is 0.0886. The molecule has 0 saturated heterocycles. The minimum atomic E-state index is 0.0886. The third-order valence-corrected chi connectivity index (χ3v) is 2.70. The van der Waals surface area contributed by atoms with E-state index in [9.17, 15) is 5.11 Å². The minimum Gasteiger partial charge on any atom is -0.506 e.